The number of anilines is 1. The number of thiophene rings is 1. The molecule has 2 aromatic rings. The molecular weight excluding hydrogens is 338 g/mol. The van der Waals surface area contributed by atoms with Crippen LogP contribution in [0.5, 0.6) is 0 Å². The third-order valence-corrected chi connectivity index (χ3v) is 4.08. The van der Waals surface area contributed by atoms with Crippen LogP contribution in [0.2, 0.25) is 0 Å². The summed E-state index contributed by atoms with van der Waals surface area (Å²) < 4.78 is 26.9. The lowest BCUT2D eigenvalue weighted by Crippen LogP contribution is -2.23. The Hall–Kier alpha value is -1.47. The highest BCUT2D eigenvalue weighted by Crippen LogP contribution is 2.20. The standard InChI is InChI=1S/C12H9BrF2N2OS/c13-6-1-7(19-5-6)4-17-12(18)8-2-9(14)10(15)3-11(8)16/h1-3,5H,4,16H2,(H,17,18). The molecule has 2 rings (SSSR count). The number of rotatable bonds is 3. The van der Waals surface area contributed by atoms with Gasteiger partial charge in [-0.3, -0.25) is 4.79 Å². The molecule has 3 N–H and O–H groups in total. The van der Waals surface area contributed by atoms with Gasteiger partial charge in [-0.1, -0.05) is 0 Å². The maximum atomic E-state index is 13.1. The van der Waals surface area contributed by atoms with Gasteiger partial charge in [0.25, 0.3) is 5.91 Å². The maximum Gasteiger partial charge on any atom is 0.253 e. The highest BCUT2D eigenvalue weighted by atomic mass is 79.9. The lowest BCUT2D eigenvalue weighted by Gasteiger charge is -2.07. The summed E-state index contributed by atoms with van der Waals surface area (Å²) in [6.45, 7) is 0.299. The predicted molar refractivity (Wildman–Crippen MR) is 74.0 cm³/mol. The molecule has 0 aliphatic heterocycles. The van der Waals surface area contributed by atoms with E-state index in [2.05, 4.69) is 21.2 Å². The zero-order chi connectivity index (χ0) is 14.0. The Kier molecular flexibility index (Phi) is 4.16. The maximum absolute atomic E-state index is 13.1. The Balaban J connectivity index is 2.10. The Bertz CT molecular complexity index is 630. The van der Waals surface area contributed by atoms with Gasteiger partial charge in [0.1, 0.15) is 0 Å². The molecule has 0 bridgehead atoms. The second kappa shape index (κ2) is 5.66. The average molecular weight is 347 g/mol. The minimum Gasteiger partial charge on any atom is -0.398 e. The summed E-state index contributed by atoms with van der Waals surface area (Å²) in [6.07, 6.45) is 0. The molecule has 0 spiro atoms. The normalized spacial score (nSPS) is 10.5. The van der Waals surface area contributed by atoms with Crippen molar-refractivity contribution < 1.29 is 13.6 Å². The number of nitrogen functional groups attached to an aromatic ring is 1. The van der Waals surface area contributed by atoms with Crippen LogP contribution in [0.1, 0.15) is 15.2 Å². The van der Waals surface area contributed by atoms with Gasteiger partial charge in [0, 0.05) is 26.5 Å². The second-order valence-electron chi connectivity index (χ2n) is 3.77. The molecule has 0 fully saturated rings. The smallest absolute Gasteiger partial charge is 0.253 e. The summed E-state index contributed by atoms with van der Waals surface area (Å²) in [5.74, 6) is -2.71. The fraction of sp³-hybridized carbons (Fsp3) is 0.0833. The van der Waals surface area contributed by atoms with Crippen LogP contribution < -0.4 is 11.1 Å². The molecule has 0 saturated carbocycles. The minimum atomic E-state index is -1.10. The van der Waals surface area contributed by atoms with Gasteiger partial charge in [-0.15, -0.1) is 11.3 Å². The van der Waals surface area contributed by atoms with E-state index in [0.717, 1.165) is 21.5 Å². The monoisotopic (exact) mass is 346 g/mol. The van der Waals surface area contributed by atoms with Crippen molar-refractivity contribution in [3.8, 4) is 0 Å². The van der Waals surface area contributed by atoms with Crippen LogP contribution in [0.25, 0.3) is 0 Å². The molecule has 0 saturated heterocycles. The largest absolute Gasteiger partial charge is 0.398 e. The van der Waals surface area contributed by atoms with Gasteiger partial charge in [-0.25, -0.2) is 8.78 Å². The van der Waals surface area contributed by atoms with Gasteiger partial charge in [-0.2, -0.15) is 0 Å². The number of halogens is 3. The highest BCUT2D eigenvalue weighted by molar-refractivity contribution is 9.10. The van der Waals surface area contributed by atoms with Crippen molar-refractivity contribution in [2.45, 2.75) is 6.54 Å². The second-order valence-corrected chi connectivity index (χ2v) is 5.68. The van der Waals surface area contributed by atoms with Crippen LogP contribution in [-0.4, -0.2) is 5.91 Å². The number of benzene rings is 1. The summed E-state index contributed by atoms with van der Waals surface area (Å²) in [7, 11) is 0. The first-order chi connectivity index (χ1) is 8.97. The lowest BCUT2D eigenvalue weighted by atomic mass is 10.1. The van der Waals surface area contributed by atoms with Crippen LogP contribution in [0.15, 0.2) is 28.1 Å². The number of carbonyl (C=O) groups excluding carboxylic acids is 1. The zero-order valence-electron chi connectivity index (χ0n) is 9.54. The summed E-state index contributed by atoms with van der Waals surface area (Å²) in [5.41, 5.74) is 5.32. The molecule has 3 nitrogen and oxygen atoms in total. The molecule has 0 atom stereocenters. The van der Waals surface area contributed by atoms with Crippen LogP contribution in [0.4, 0.5) is 14.5 Å². The summed E-state index contributed by atoms with van der Waals surface area (Å²) in [4.78, 5) is 12.8. The van der Waals surface area contributed by atoms with Crippen molar-refractivity contribution >= 4 is 38.9 Å². The van der Waals surface area contributed by atoms with Crippen LogP contribution in [0, 0.1) is 11.6 Å². The molecule has 7 heteroatoms. The molecule has 0 unspecified atom stereocenters. The third-order valence-electron chi connectivity index (χ3n) is 2.38. The molecule has 100 valence electrons. The quantitative estimate of drug-likeness (QED) is 0.837. The van der Waals surface area contributed by atoms with E-state index < -0.39 is 17.5 Å². The van der Waals surface area contributed by atoms with E-state index >= 15 is 0 Å². The number of amides is 1. The van der Waals surface area contributed by atoms with Gasteiger partial charge < -0.3 is 11.1 Å². The van der Waals surface area contributed by atoms with E-state index in [9.17, 15) is 13.6 Å². The van der Waals surface area contributed by atoms with Crippen molar-refractivity contribution in [3.05, 3.63) is 50.1 Å². The summed E-state index contributed by atoms with van der Waals surface area (Å²) in [6, 6.07) is 3.45. The summed E-state index contributed by atoms with van der Waals surface area (Å²) >= 11 is 4.77. The molecule has 0 aliphatic rings. The highest BCUT2D eigenvalue weighted by Gasteiger charge is 2.14. The van der Waals surface area contributed by atoms with Crippen molar-refractivity contribution in [1.29, 1.82) is 0 Å². The SMILES string of the molecule is Nc1cc(F)c(F)cc1C(=O)NCc1cc(Br)cs1. The van der Waals surface area contributed by atoms with Crippen molar-refractivity contribution in [2.24, 2.45) is 0 Å². The average Bonchev–Trinajstić information content (AvgIpc) is 2.77. The molecule has 0 radical (unpaired) electrons. The minimum absolute atomic E-state index is 0.0745. The van der Waals surface area contributed by atoms with E-state index in [1.54, 1.807) is 0 Å². The molecular formula is C12H9BrF2N2OS. The van der Waals surface area contributed by atoms with E-state index in [0.29, 0.717) is 6.54 Å². The first kappa shape index (κ1) is 14.0. The van der Waals surface area contributed by atoms with E-state index in [4.69, 9.17) is 5.73 Å². The Morgan fingerprint density at radius 2 is 2.00 bits per heavy atom. The van der Waals surface area contributed by atoms with Gasteiger partial charge in [0.05, 0.1) is 12.1 Å². The third kappa shape index (κ3) is 3.30. The van der Waals surface area contributed by atoms with Crippen molar-refractivity contribution in [1.82, 2.24) is 5.32 Å². The van der Waals surface area contributed by atoms with Gasteiger partial charge >= 0.3 is 0 Å². The molecule has 1 heterocycles. The van der Waals surface area contributed by atoms with Crippen LogP contribution in [-0.2, 0) is 6.54 Å². The molecule has 0 aliphatic carbocycles. The predicted octanol–water partition coefficient (Wildman–Crippen LogP) is 3.30. The van der Waals surface area contributed by atoms with Crippen LogP contribution in [0.3, 0.4) is 0 Å². The zero-order valence-corrected chi connectivity index (χ0v) is 11.9. The first-order valence-corrected chi connectivity index (χ1v) is 6.90. The Morgan fingerprint density at radius 1 is 1.32 bits per heavy atom. The molecule has 1 aromatic heterocycles. The number of hydrogen-bond donors (Lipinski definition) is 2. The van der Waals surface area contributed by atoms with E-state index in [-0.39, 0.29) is 11.3 Å². The number of nitrogens with two attached hydrogens (primary N) is 1. The fourth-order valence-corrected chi connectivity index (χ4v) is 2.86. The lowest BCUT2D eigenvalue weighted by molar-refractivity contribution is 0.0951. The number of hydrogen-bond acceptors (Lipinski definition) is 3. The van der Waals surface area contributed by atoms with E-state index in [1.807, 2.05) is 11.4 Å². The van der Waals surface area contributed by atoms with E-state index in [1.165, 1.54) is 11.3 Å². The summed E-state index contributed by atoms with van der Waals surface area (Å²) in [5, 5.41) is 4.48. The number of nitrogens with one attached hydrogen (secondary N) is 1. The fourth-order valence-electron chi connectivity index (χ4n) is 1.47. The van der Waals surface area contributed by atoms with Gasteiger partial charge in [-0.05, 0) is 28.1 Å². The molecule has 1 amide bonds. The van der Waals surface area contributed by atoms with Crippen LogP contribution >= 0.6 is 27.3 Å². The molecule has 19 heavy (non-hydrogen) atoms. The first-order valence-electron chi connectivity index (χ1n) is 5.23. The number of carbonyl (C=O) groups is 1. The Morgan fingerprint density at radius 3 is 2.63 bits per heavy atom. The van der Waals surface area contributed by atoms with Gasteiger partial charge in [0.15, 0.2) is 11.6 Å². The van der Waals surface area contributed by atoms with Crippen molar-refractivity contribution in [2.75, 3.05) is 5.73 Å². The topological polar surface area (TPSA) is 55.1 Å². The Labute approximate surface area is 120 Å². The van der Waals surface area contributed by atoms with Gasteiger partial charge in [0.2, 0.25) is 0 Å². The molecule has 1 aromatic carbocycles. The van der Waals surface area contributed by atoms with Crippen molar-refractivity contribution in [3.63, 3.8) is 0 Å².